The van der Waals surface area contributed by atoms with Crippen molar-refractivity contribution in [2.75, 3.05) is 25.5 Å². The molecule has 1 unspecified atom stereocenters. The molecule has 1 atom stereocenters. The van der Waals surface area contributed by atoms with Crippen molar-refractivity contribution in [2.24, 2.45) is 0 Å². The summed E-state index contributed by atoms with van der Waals surface area (Å²) >= 11 is 5.60. The van der Waals surface area contributed by atoms with Gasteiger partial charge in [-0.15, -0.1) is 11.6 Å². The van der Waals surface area contributed by atoms with Crippen LogP contribution in [0.4, 0.5) is 13.2 Å². The fourth-order valence-electron chi connectivity index (χ4n) is 2.25. The molecule has 1 heterocycles. The smallest absolute Gasteiger partial charge is 0.251 e. The third-order valence-electron chi connectivity index (χ3n) is 3.02. The molecule has 1 aliphatic rings. The number of ether oxygens (including phenoxy) is 1. The van der Waals surface area contributed by atoms with Gasteiger partial charge >= 0.3 is 0 Å². The summed E-state index contributed by atoms with van der Waals surface area (Å²) in [6, 6.07) is 4.33. The average Bonchev–Trinajstić information content (AvgIpc) is 2.69. The Morgan fingerprint density at radius 1 is 1.42 bits per heavy atom. The molecule has 0 N–H and O–H groups in total. The van der Waals surface area contributed by atoms with Crippen molar-refractivity contribution in [2.45, 2.75) is 19.0 Å². The molecule has 0 aliphatic carbocycles. The minimum atomic E-state index is -2.40. The van der Waals surface area contributed by atoms with Crippen LogP contribution < -0.4 is 4.74 Å². The molecule has 0 saturated carbocycles. The topological polar surface area (TPSA) is 12.5 Å². The van der Waals surface area contributed by atoms with Crippen LogP contribution in [-0.4, -0.2) is 42.9 Å². The van der Waals surface area contributed by atoms with E-state index in [4.69, 9.17) is 16.3 Å². The number of hydrogen-bond donors (Lipinski definition) is 0. The van der Waals surface area contributed by atoms with Gasteiger partial charge in [-0.1, -0.05) is 0 Å². The number of halogens is 4. The van der Waals surface area contributed by atoms with Gasteiger partial charge in [-0.3, -0.25) is 4.90 Å². The normalized spacial score (nSPS) is 17.9. The van der Waals surface area contributed by atoms with Gasteiger partial charge in [0.2, 0.25) is 0 Å². The van der Waals surface area contributed by atoms with E-state index in [0.29, 0.717) is 31.1 Å². The Labute approximate surface area is 115 Å². The first kappa shape index (κ1) is 14.5. The first-order chi connectivity index (χ1) is 9.08. The van der Waals surface area contributed by atoms with Gasteiger partial charge in [0, 0.05) is 31.0 Å². The molecule has 1 aromatic rings. The lowest BCUT2D eigenvalue weighted by molar-refractivity contribution is 0.0702. The van der Waals surface area contributed by atoms with Gasteiger partial charge in [0.1, 0.15) is 17.7 Å². The third kappa shape index (κ3) is 4.01. The first-order valence-corrected chi connectivity index (χ1v) is 6.63. The van der Waals surface area contributed by atoms with Crippen molar-refractivity contribution in [3.05, 3.63) is 29.6 Å². The molecule has 0 saturated heterocycles. The van der Waals surface area contributed by atoms with Crippen molar-refractivity contribution in [1.29, 1.82) is 0 Å². The summed E-state index contributed by atoms with van der Waals surface area (Å²) in [4.78, 5) is 1.57. The zero-order valence-electron chi connectivity index (χ0n) is 10.3. The Balaban J connectivity index is 1.94. The third-order valence-corrected chi connectivity index (χ3v) is 3.19. The molecule has 2 nitrogen and oxygen atoms in total. The maximum atomic E-state index is 13.1. The van der Waals surface area contributed by atoms with E-state index in [1.807, 2.05) is 0 Å². The quantitative estimate of drug-likeness (QED) is 0.748. The highest BCUT2D eigenvalue weighted by atomic mass is 35.5. The Hall–Kier alpha value is -0.940. The lowest BCUT2D eigenvalue weighted by Crippen LogP contribution is -2.38. The van der Waals surface area contributed by atoms with Crippen molar-refractivity contribution in [1.82, 2.24) is 4.90 Å². The molecule has 0 fully saturated rings. The molecule has 106 valence electrons. The summed E-state index contributed by atoms with van der Waals surface area (Å²) in [5.74, 6) is 0.614. The van der Waals surface area contributed by atoms with Gasteiger partial charge < -0.3 is 4.74 Å². The molecule has 19 heavy (non-hydrogen) atoms. The molecule has 0 radical (unpaired) electrons. The Kier molecular flexibility index (Phi) is 4.93. The molecule has 0 spiro atoms. The number of rotatable bonds is 6. The van der Waals surface area contributed by atoms with Gasteiger partial charge in [-0.05, 0) is 18.2 Å². The van der Waals surface area contributed by atoms with Crippen LogP contribution in [-0.2, 0) is 6.42 Å². The molecule has 1 aliphatic heterocycles. The lowest BCUT2D eigenvalue weighted by atomic mass is 10.1. The highest BCUT2D eigenvalue weighted by molar-refractivity contribution is 6.18. The van der Waals surface area contributed by atoms with E-state index in [0.717, 1.165) is 5.56 Å². The lowest BCUT2D eigenvalue weighted by Gasteiger charge is -2.23. The van der Waals surface area contributed by atoms with E-state index in [1.165, 1.54) is 12.1 Å². The fourth-order valence-corrected chi connectivity index (χ4v) is 2.49. The van der Waals surface area contributed by atoms with Gasteiger partial charge in [-0.2, -0.15) is 0 Å². The highest BCUT2D eigenvalue weighted by Crippen LogP contribution is 2.29. The summed E-state index contributed by atoms with van der Waals surface area (Å²) in [6.07, 6.45) is -2.09. The Bertz CT molecular complexity index is 430. The summed E-state index contributed by atoms with van der Waals surface area (Å²) in [5, 5.41) is 0. The van der Waals surface area contributed by atoms with Gasteiger partial charge in [0.25, 0.3) is 6.43 Å². The van der Waals surface area contributed by atoms with E-state index in [9.17, 15) is 13.2 Å². The molecular formula is C13H15ClF3NO. The monoisotopic (exact) mass is 293 g/mol. The van der Waals surface area contributed by atoms with E-state index >= 15 is 0 Å². The second-order valence-corrected chi connectivity index (χ2v) is 4.91. The number of alkyl halides is 3. The highest BCUT2D eigenvalue weighted by Gasteiger charge is 2.26. The van der Waals surface area contributed by atoms with Crippen molar-refractivity contribution < 1.29 is 17.9 Å². The predicted molar refractivity (Wildman–Crippen MR) is 67.7 cm³/mol. The molecular weight excluding hydrogens is 279 g/mol. The second-order valence-electron chi connectivity index (χ2n) is 4.54. The van der Waals surface area contributed by atoms with Crippen molar-refractivity contribution >= 4 is 11.6 Å². The van der Waals surface area contributed by atoms with Crippen LogP contribution in [0.3, 0.4) is 0 Å². The van der Waals surface area contributed by atoms with Crippen LogP contribution in [0.15, 0.2) is 18.2 Å². The van der Waals surface area contributed by atoms with Crippen LogP contribution in [0.2, 0.25) is 0 Å². The molecule has 0 amide bonds. The van der Waals surface area contributed by atoms with Gasteiger partial charge in [-0.25, -0.2) is 13.2 Å². The Morgan fingerprint density at radius 2 is 2.21 bits per heavy atom. The van der Waals surface area contributed by atoms with Crippen LogP contribution in [0, 0.1) is 5.82 Å². The molecule has 0 aromatic heterocycles. The van der Waals surface area contributed by atoms with Gasteiger partial charge in [0.05, 0.1) is 6.54 Å². The first-order valence-electron chi connectivity index (χ1n) is 6.10. The minimum Gasteiger partial charge on any atom is -0.488 e. The number of nitrogens with zero attached hydrogens (tertiary/aromatic N) is 1. The van der Waals surface area contributed by atoms with E-state index < -0.39 is 6.43 Å². The maximum absolute atomic E-state index is 13.1. The fraction of sp³-hybridized carbons (Fsp3) is 0.538. The number of fused-ring (bicyclic) bond motifs is 1. The van der Waals surface area contributed by atoms with E-state index in [1.54, 1.807) is 11.0 Å². The van der Waals surface area contributed by atoms with Crippen molar-refractivity contribution in [3.63, 3.8) is 0 Å². The molecule has 2 rings (SSSR count). The molecule has 0 bridgehead atoms. The minimum absolute atomic E-state index is 0.223. The largest absolute Gasteiger partial charge is 0.488 e. The van der Waals surface area contributed by atoms with Crippen LogP contribution in [0.5, 0.6) is 5.75 Å². The van der Waals surface area contributed by atoms with Crippen molar-refractivity contribution in [3.8, 4) is 5.75 Å². The SMILES string of the molecule is Fc1ccc2c(c1)CC(CN(CCCl)CC(F)F)O2. The van der Waals surface area contributed by atoms with Crippen LogP contribution >= 0.6 is 11.6 Å². The van der Waals surface area contributed by atoms with E-state index in [-0.39, 0.29) is 18.5 Å². The zero-order valence-corrected chi connectivity index (χ0v) is 11.0. The van der Waals surface area contributed by atoms with Crippen LogP contribution in [0.1, 0.15) is 5.56 Å². The average molecular weight is 294 g/mol. The van der Waals surface area contributed by atoms with Gasteiger partial charge in [0.15, 0.2) is 0 Å². The summed E-state index contributed by atoms with van der Waals surface area (Å²) < 4.78 is 43.5. The predicted octanol–water partition coefficient (Wildman–Crippen LogP) is 2.94. The molecule has 1 aromatic carbocycles. The number of hydrogen-bond acceptors (Lipinski definition) is 2. The summed E-state index contributed by atoms with van der Waals surface area (Å²) in [5.41, 5.74) is 0.785. The Morgan fingerprint density at radius 3 is 2.89 bits per heavy atom. The van der Waals surface area contributed by atoms with Crippen LogP contribution in [0.25, 0.3) is 0 Å². The second kappa shape index (κ2) is 6.48. The standard InChI is InChI=1S/C13H15ClF3NO/c14-3-4-18(8-13(16)17)7-11-6-9-5-10(15)1-2-12(9)19-11/h1-2,5,11,13H,3-4,6-8H2. The molecule has 6 heteroatoms. The zero-order chi connectivity index (χ0) is 13.8. The number of benzene rings is 1. The van der Waals surface area contributed by atoms with E-state index in [2.05, 4.69) is 0 Å². The summed E-state index contributed by atoms with van der Waals surface area (Å²) in [6.45, 7) is 0.432. The summed E-state index contributed by atoms with van der Waals surface area (Å²) in [7, 11) is 0. The maximum Gasteiger partial charge on any atom is 0.251 e.